The first kappa shape index (κ1) is 10.5. The van der Waals surface area contributed by atoms with Crippen molar-refractivity contribution in [3.8, 4) is 0 Å². The summed E-state index contributed by atoms with van der Waals surface area (Å²) in [6.45, 7) is 1.82. The first-order valence-corrected chi connectivity index (χ1v) is 5.12. The van der Waals surface area contributed by atoms with Crippen molar-refractivity contribution in [2.24, 2.45) is 0 Å². The molecule has 76 valence electrons. The zero-order chi connectivity index (χ0) is 9.68. The quantitative estimate of drug-likeness (QED) is 0.677. The number of ether oxygens (including phenoxy) is 1. The number of carbonyl (C=O) groups is 1. The van der Waals surface area contributed by atoms with E-state index in [0.717, 1.165) is 12.8 Å². The Morgan fingerprint density at radius 1 is 1.38 bits per heavy atom. The molecule has 0 unspecified atom stereocenters. The first-order valence-electron chi connectivity index (χ1n) is 5.12. The molecule has 1 aliphatic rings. The third-order valence-electron chi connectivity index (χ3n) is 2.62. The van der Waals surface area contributed by atoms with Crippen molar-refractivity contribution in [3.05, 3.63) is 0 Å². The van der Waals surface area contributed by atoms with Crippen LogP contribution in [0.4, 0.5) is 0 Å². The average molecular weight is 185 g/mol. The average Bonchev–Trinajstić information content (AvgIpc) is 2.18. The number of nitrogens with one attached hydrogen (secondary N) is 1. The van der Waals surface area contributed by atoms with Crippen molar-refractivity contribution in [1.82, 2.24) is 5.32 Å². The van der Waals surface area contributed by atoms with Crippen LogP contribution in [-0.2, 0) is 9.53 Å². The van der Waals surface area contributed by atoms with Gasteiger partial charge < -0.3 is 10.1 Å². The molecular weight excluding hydrogens is 166 g/mol. The molecule has 13 heavy (non-hydrogen) atoms. The number of likely N-dealkylation sites (N-methyl/N-ethyl adjacent to an activating group) is 1. The van der Waals surface area contributed by atoms with Gasteiger partial charge in [0, 0.05) is 0 Å². The lowest BCUT2D eigenvalue weighted by atomic mass is 9.98. The van der Waals surface area contributed by atoms with Gasteiger partial charge in [0.2, 0.25) is 0 Å². The maximum absolute atomic E-state index is 11.4. The second-order valence-corrected chi connectivity index (χ2v) is 3.71. The fourth-order valence-electron chi connectivity index (χ4n) is 1.57. The highest BCUT2D eigenvalue weighted by atomic mass is 16.5. The third kappa shape index (κ3) is 3.35. The summed E-state index contributed by atoms with van der Waals surface area (Å²) in [5, 5.41) is 2.88. The summed E-state index contributed by atoms with van der Waals surface area (Å²) >= 11 is 0. The zero-order valence-electron chi connectivity index (χ0n) is 8.51. The number of rotatable bonds is 3. The molecule has 0 amide bonds. The van der Waals surface area contributed by atoms with Crippen LogP contribution in [0.2, 0.25) is 0 Å². The molecule has 0 aromatic heterocycles. The van der Waals surface area contributed by atoms with Gasteiger partial charge in [-0.05, 0) is 39.7 Å². The van der Waals surface area contributed by atoms with E-state index in [9.17, 15) is 4.79 Å². The lowest BCUT2D eigenvalue weighted by Gasteiger charge is -2.23. The highest BCUT2D eigenvalue weighted by Crippen LogP contribution is 2.20. The highest BCUT2D eigenvalue weighted by molar-refractivity contribution is 5.75. The lowest BCUT2D eigenvalue weighted by Crippen LogP contribution is -2.35. The van der Waals surface area contributed by atoms with E-state index in [1.165, 1.54) is 19.3 Å². The van der Waals surface area contributed by atoms with Gasteiger partial charge in [0.15, 0.2) is 0 Å². The van der Waals surface area contributed by atoms with Crippen molar-refractivity contribution >= 4 is 5.97 Å². The second kappa shape index (κ2) is 5.22. The number of hydrogen-bond acceptors (Lipinski definition) is 3. The smallest absolute Gasteiger partial charge is 0.323 e. The molecular formula is C10H19NO2. The molecule has 0 spiro atoms. The molecule has 1 atom stereocenters. The van der Waals surface area contributed by atoms with E-state index < -0.39 is 0 Å². The molecule has 1 rings (SSSR count). The second-order valence-electron chi connectivity index (χ2n) is 3.71. The molecule has 0 aromatic carbocycles. The van der Waals surface area contributed by atoms with Crippen LogP contribution in [0, 0.1) is 0 Å². The van der Waals surface area contributed by atoms with Crippen molar-refractivity contribution in [3.63, 3.8) is 0 Å². The summed E-state index contributed by atoms with van der Waals surface area (Å²) in [6, 6.07) is -0.179. The van der Waals surface area contributed by atoms with E-state index in [0.29, 0.717) is 0 Å². The Hall–Kier alpha value is -0.570. The van der Waals surface area contributed by atoms with Gasteiger partial charge in [-0.25, -0.2) is 0 Å². The van der Waals surface area contributed by atoms with Gasteiger partial charge in [0.05, 0.1) is 0 Å². The molecule has 1 saturated carbocycles. The van der Waals surface area contributed by atoms with E-state index in [2.05, 4.69) is 5.32 Å². The standard InChI is InChI=1S/C10H19NO2/c1-8(11-2)10(12)13-9-6-4-3-5-7-9/h8-9,11H,3-7H2,1-2H3/t8-/m0/s1. The van der Waals surface area contributed by atoms with Gasteiger partial charge in [-0.1, -0.05) is 6.42 Å². The van der Waals surface area contributed by atoms with Crippen molar-refractivity contribution in [2.75, 3.05) is 7.05 Å². The molecule has 0 aromatic rings. The molecule has 0 bridgehead atoms. The summed E-state index contributed by atoms with van der Waals surface area (Å²) in [5.74, 6) is -0.116. The summed E-state index contributed by atoms with van der Waals surface area (Å²) < 4.78 is 5.34. The minimum absolute atomic E-state index is 0.116. The zero-order valence-corrected chi connectivity index (χ0v) is 8.51. The topological polar surface area (TPSA) is 38.3 Å². The van der Waals surface area contributed by atoms with Gasteiger partial charge in [0.1, 0.15) is 12.1 Å². The molecule has 3 heteroatoms. The van der Waals surface area contributed by atoms with E-state index >= 15 is 0 Å². The van der Waals surface area contributed by atoms with Crippen LogP contribution in [0.1, 0.15) is 39.0 Å². The Bertz CT molecular complexity index is 164. The minimum Gasteiger partial charge on any atom is -0.461 e. The Balaban J connectivity index is 2.26. The maximum atomic E-state index is 11.4. The van der Waals surface area contributed by atoms with Gasteiger partial charge in [0.25, 0.3) is 0 Å². The van der Waals surface area contributed by atoms with Crippen LogP contribution in [0.5, 0.6) is 0 Å². The van der Waals surface area contributed by atoms with Gasteiger partial charge >= 0.3 is 5.97 Å². The minimum atomic E-state index is -0.179. The normalized spacial score (nSPS) is 21.1. The third-order valence-corrected chi connectivity index (χ3v) is 2.62. The van der Waals surface area contributed by atoms with Crippen LogP contribution >= 0.6 is 0 Å². The summed E-state index contributed by atoms with van der Waals surface area (Å²) in [5.41, 5.74) is 0. The summed E-state index contributed by atoms with van der Waals surface area (Å²) in [6.07, 6.45) is 5.95. The van der Waals surface area contributed by atoms with Gasteiger partial charge in [-0.2, -0.15) is 0 Å². The van der Waals surface area contributed by atoms with Gasteiger partial charge in [-0.3, -0.25) is 4.79 Å². The maximum Gasteiger partial charge on any atom is 0.323 e. The SMILES string of the molecule is CN[C@@H](C)C(=O)OC1CCCCC1. The Labute approximate surface area is 79.8 Å². The molecule has 1 aliphatic carbocycles. The molecule has 1 N–H and O–H groups in total. The number of carbonyl (C=O) groups excluding carboxylic acids is 1. The molecule has 0 radical (unpaired) electrons. The molecule has 3 nitrogen and oxygen atoms in total. The monoisotopic (exact) mass is 185 g/mol. The van der Waals surface area contributed by atoms with E-state index in [4.69, 9.17) is 4.74 Å². The Morgan fingerprint density at radius 2 is 2.00 bits per heavy atom. The number of hydrogen-bond donors (Lipinski definition) is 1. The van der Waals surface area contributed by atoms with Crippen molar-refractivity contribution in [2.45, 2.75) is 51.2 Å². The molecule has 0 aliphatic heterocycles. The molecule has 0 heterocycles. The van der Waals surface area contributed by atoms with Crippen LogP contribution < -0.4 is 5.32 Å². The van der Waals surface area contributed by atoms with Crippen LogP contribution in [0.25, 0.3) is 0 Å². The lowest BCUT2D eigenvalue weighted by molar-refractivity contribution is -0.152. The predicted octanol–water partition coefficient (Wildman–Crippen LogP) is 1.47. The molecule has 0 saturated heterocycles. The predicted molar refractivity (Wildman–Crippen MR) is 51.5 cm³/mol. The fourth-order valence-corrected chi connectivity index (χ4v) is 1.57. The Kier molecular flexibility index (Phi) is 4.22. The summed E-state index contributed by atoms with van der Waals surface area (Å²) in [7, 11) is 1.77. The van der Waals surface area contributed by atoms with Crippen molar-refractivity contribution in [1.29, 1.82) is 0 Å². The largest absolute Gasteiger partial charge is 0.461 e. The van der Waals surface area contributed by atoms with E-state index in [1.807, 2.05) is 6.92 Å². The van der Waals surface area contributed by atoms with Crippen LogP contribution in [0.15, 0.2) is 0 Å². The van der Waals surface area contributed by atoms with E-state index in [-0.39, 0.29) is 18.1 Å². The Morgan fingerprint density at radius 3 is 2.54 bits per heavy atom. The summed E-state index contributed by atoms with van der Waals surface area (Å²) in [4.78, 5) is 11.4. The van der Waals surface area contributed by atoms with Crippen molar-refractivity contribution < 1.29 is 9.53 Å². The van der Waals surface area contributed by atoms with Crippen LogP contribution in [-0.4, -0.2) is 25.2 Å². The fraction of sp³-hybridized carbons (Fsp3) is 0.900. The van der Waals surface area contributed by atoms with Gasteiger partial charge in [-0.15, -0.1) is 0 Å². The van der Waals surface area contributed by atoms with Crippen LogP contribution in [0.3, 0.4) is 0 Å². The first-order chi connectivity index (χ1) is 6.24. The molecule has 1 fully saturated rings. The number of esters is 1. The van der Waals surface area contributed by atoms with E-state index in [1.54, 1.807) is 7.05 Å². The highest BCUT2D eigenvalue weighted by Gasteiger charge is 2.20.